The molecule has 1 aliphatic heterocycles. The van der Waals surface area contributed by atoms with Crippen LogP contribution in [-0.2, 0) is 4.74 Å². The lowest BCUT2D eigenvalue weighted by molar-refractivity contribution is 0.00632. The van der Waals surface area contributed by atoms with E-state index in [1.807, 2.05) is 0 Å². The third-order valence-electron chi connectivity index (χ3n) is 1.13. The molecule has 0 spiro atoms. The molecular formula is C7H9N3O. The van der Waals surface area contributed by atoms with Crippen molar-refractivity contribution in [2.75, 3.05) is 13.1 Å². The first kappa shape index (κ1) is 2.42. The number of ether oxygens (including phenoxy) is 1. The predicted octanol–water partition coefficient (Wildman–Crippen LogP) is 0.00297. The Morgan fingerprint density at radius 2 is 2.73 bits per heavy atom. The Morgan fingerprint density at radius 3 is 3.45 bits per heavy atom. The minimum atomic E-state index is -2.66. The van der Waals surface area contributed by atoms with Crippen molar-refractivity contribution < 1.29 is 14.3 Å². The van der Waals surface area contributed by atoms with Gasteiger partial charge in [0.15, 0.2) is 0 Å². The van der Waals surface area contributed by atoms with Crippen LogP contribution in [0.3, 0.4) is 0 Å². The molecule has 1 aromatic rings. The molecule has 0 saturated carbocycles. The molecule has 0 aliphatic carbocycles. The molecule has 0 aromatic carbocycles. The van der Waals surface area contributed by atoms with Crippen LogP contribution in [0.4, 0.5) is 0 Å². The van der Waals surface area contributed by atoms with Gasteiger partial charge in [-0.1, -0.05) is 0 Å². The highest BCUT2D eigenvalue weighted by Crippen LogP contribution is 2.20. The Bertz CT molecular complexity index is 555. The predicted molar refractivity (Wildman–Crippen MR) is 38.0 cm³/mol. The number of aromatic nitrogens is 2. The summed E-state index contributed by atoms with van der Waals surface area (Å²) in [7, 11) is 0. The van der Waals surface area contributed by atoms with Crippen LogP contribution in [-0.4, -0.2) is 23.3 Å². The van der Waals surface area contributed by atoms with Crippen LogP contribution < -0.4 is 5.49 Å². The normalized spacial score (nSPS) is 39.1. The second kappa shape index (κ2) is 2.47. The average molecular weight is 158 g/mol. The van der Waals surface area contributed by atoms with Crippen LogP contribution in [0.2, 0.25) is 0 Å². The van der Waals surface area contributed by atoms with Gasteiger partial charge in [0.1, 0.15) is 5.49 Å². The van der Waals surface area contributed by atoms with Gasteiger partial charge in [-0.3, -0.25) is 10.5 Å². The van der Waals surface area contributed by atoms with Crippen LogP contribution in [0.5, 0.6) is 0 Å². The fourth-order valence-corrected chi connectivity index (χ4v) is 0.607. The summed E-state index contributed by atoms with van der Waals surface area (Å²) in [6.07, 6.45) is 0. The molecule has 2 rings (SSSR count). The molecule has 0 amide bonds. The van der Waals surface area contributed by atoms with Gasteiger partial charge < -0.3 is 4.74 Å². The first-order valence-corrected chi connectivity index (χ1v) is 2.86. The smallest absolute Gasteiger partial charge is 0.138 e. The highest BCUT2D eigenvalue weighted by molar-refractivity contribution is 5.08. The van der Waals surface area contributed by atoms with Gasteiger partial charge in [0.2, 0.25) is 0 Å². The lowest BCUT2D eigenvalue weighted by Crippen LogP contribution is -2.27. The fourth-order valence-electron chi connectivity index (χ4n) is 0.607. The molecular weight excluding hydrogens is 142 g/mol. The largest absolute Gasteiger partial charge is 0.380 e. The molecule has 0 bridgehead atoms. The van der Waals surface area contributed by atoms with E-state index < -0.39 is 42.3 Å². The molecule has 2 N–H and O–H groups in total. The molecule has 1 aliphatic rings. The van der Waals surface area contributed by atoms with Crippen LogP contribution >= 0.6 is 0 Å². The van der Waals surface area contributed by atoms with Crippen molar-refractivity contribution in [1.82, 2.24) is 10.2 Å². The summed E-state index contributed by atoms with van der Waals surface area (Å²) in [5.74, 6) is -2.56. The summed E-state index contributed by atoms with van der Waals surface area (Å²) < 4.78 is 56.9. The van der Waals surface area contributed by atoms with Crippen molar-refractivity contribution in [2.24, 2.45) is 0 Å². The topological polar surface area (TPSA) is 61.8 Å². The Morgan fingerprint density at radius 1 is 1.91 bits per heavy atom. The zero-order chi connectivity index (χ0) is 13.9. The summed E-state index contributed by atoms with van der Waals surface area (Å²) in [6.45, 7) is -5.33. The van der Waals surface area contributed by atoms with Crippen molar-refractivity contribution in [1.29, 1.82) is 5.41 Å². The summed E-state index contributed by atoms with van der Waals surface area (Å²) in [5, 5.41) is 12.7. The Labute approximate surface area is 73.6 Å². The number of aromatic amines is 1. The number of hydrogen-bond donors (Lipinski definition) is 2. The molecule has 1 fully saturated rings. The lowest BCUT2D eigenvalue weighted by atomic mass is 10.0. The summed E-state index contributed by atoms with van der Waals surface area (Å²) in [4.78, 5) is 0. The molecule has 11 heavy (non-hydrogen) atoms. The van der Waals surface area contributed by atoms with Gasteiger partial charge in [-0.2, -0.15) is 5.10 Å². The minimum Gasteiger partial charge on any atom is -0.380 e. The van der Waals surface area contributed by atoms with Crippen molar-refractivity contribution >= 4 is 0 Å². The van der Waals surface area contributed by atoms with Gasteiger partial charge in [0.05, 0.1) is 27.0 Å². The zero-order valence-corrected chi connectivity index (χ0v) is 5.36. The SMILES string of the molecule is [2H]c1c(C2([2H])C([2H])([2H])OC2([2H])[2H])n[nH]c(=N)c1[2H]. The highest BCUT2D eigenvalue weighted by atomic mass is 16.5. The summed E-state index contributed by atoms with van der Waals surface area (Å²) in [5.41, 5.74) is -1.06. The van der Waals surface area contributed by atoms with E-state index in [9.17, 15) is 0 Å². The maximum Gasteiger partial charge on any atom is 0.138 e. The maximum absolute atomic E-state index is 7.89. The first-order valence-electron chi connectivity index (χ1n) is 6.36. The van der Waals surface area contributed by atoms with Crippen LogP contribution in [0.25, 0.3) is 0 Å². The van der Waals surface area contributed by atoms with Crippen LogP contribution in [0.1, 0.15) is 21.2 Å². The highest BCUT2D eigenvalue weighted by Gasteiger charge is 2.21. The van der Waals surface area contributed by atoms with Crippen LogP contribution in [0.15, 0.2) is 12.1 Å². The third-order valence-corrected chi connectivity index (χ3v) is 1.13. The quantitative estimate of drug-likeness (QED) is 0.604. The van der Waals surface area contributed by atoms with Crippen molar-refractivity contribution in [2.45, 2.75) is 5.89 Å². The lowest BCUT2D eigenvalue weighted by Gasteiger charge is -2.24. The van der Waals surface area contributed by atoms with Crippen molar-refractivity contribution in [3.63, 3.8) is 0 Å². The number of hydrogen-bond acceptors (Lipinski definition) is 3. The first-order chi connectivity index (χ1) is 8.04. The van der Waals surface area contributed by atoms with Gasteiger partial charge in [-0.05, 0) is 12.1 Å². The van der Waals surface area contributed by atoms with Gasteiger partial charge >= 0.3 is 0 Å². The van der Waals surface area contributed by atoms with E-state index in [4.69, 9.17) is 15.0 Å². The Hall–Kier alpha value is -1.16. The van der Waals surface area contributed by atoms with Crippen molar-refractivity contribution in [3.8, 4) is 0 Å². The Kier molecular flexibility index (Phi) is 0.542. The molecule has 2 heterocycles. The molecule has 4 heteroatoms. The van der Waals surface area contributed by atoms with E-state index in [1.165, 1.54) is 0 Å². The van der Waals surface area contributed by atoms with E-state index in [-0.39, 0.29) is 0 Å². The van der Waals surface area contributed by atoms with Gasteiger partial charge in [-0.15, -0.1) is 0 Å². The second-order valence-corrected chi connectivity index (χ2v) is 1.88. The van der Waals surface area contributed by atoms with E-state index in [2.05, 4.69) is 14.9 Å². The third kappa shape index (κ3) is 1.17. The monoisotopic (exact) mass is 158 g/mol. The number of H-pyrrole nitrogens is 1. The average Bonchev–Trinajstić information content (AvgIpc) is 2.23. The van der Waals surface area contributed by atoms with Crippen LogP contribution in [0, 0.1) is 5.41 Å². The van der Waals surface area contributed by atoms with E-state index >= 15 is 0 Å². The number of rotatable bonds is 1. The molecule has 1 saturated heterocycles. The Balaban J connectivity index is 2.69. The summed E-state index contributed by atoms with van der Waals surface area (Å²) >= 11 is 0. The molecule has 0 radical (unpaired) electrons. The van der Waals surface area contributed by atoms with Gasteiger partial charge in [0, 0.05) is 7.26 Å². The molecule has 1 aromatic heterocycles. The second-order valence-electron chi connectivity index (χ2n) is 1.88. The van der Waals surface area contributed by atoms with E-state index in [1.54, 1.807) is 0 Å². The zero-order valence-electron chi connectivity index (χ0n) is 12.4. The number of nitrogens with one attached hydrogen (secondary N) is 2. The van der Waals surface area contributed by atoms with Gasteiger partial charge in [-0.25, -0.2) is 0 Å². The standard InChI is InChI=1S/C7H9N3O/c8-7-2-1-6(9-10-7)5-3-11-4-5/h1-2,5H,3-4H2,(H2,8,10)/i1D,2D,3D2,4D2,5D. The maximum atomic E-state index is 7.89. The molecule has 0 atom stereocenters. The van der Waals surface area contributed by atoms with E-state index in [0.29, 0.717) is 0 Å². The van der Waals surface area contributed by atoms with E-state index in [0.717, 1.165) is 0 Å². The minimum absolute atomic E-state index is 0.464. The molecule has 58 valence electrons. The van der Waals surface area contributed by atoms with Crippen molar-refractivity contribution in [3.05, 3.63) is 23.3 Å². The van der Waals surface area contributed by atoms with Gasteiger partial charge in [0.25, 0.3) is 0 Å². The fraction of sp³-hybridized carbons (Fsp3) is 0.429. The molecule has 0 unspecified atom stereocenters. The number of nitrogens with zero attached hydrogens (tertiary/aromatic N) is 1. The molecule has 4 nitrogen and oxygen atoms in total. The summed E-state index contributed by atoms with van der Waals surface area (Å²) in [6, 6.07) is -1.24.